The highest BCUT2D eigenvalue weighted by Crippen LogP contribution is 2.30. The van der Waals surface area contributed by atoms with Crippen molar-refractivity contribution in [3.8, 4) is 0 Å². The third-order valence-electron chi connectivity index (χ3n) is 4.42. The van der Waals surface area contributed by atoms with Gasteiger partial charge in [-0.05, 0) is 43.7 Å². The molecule has 4 aromatic rings. The average molecular weight is 390 g/mol. The Labute approximate surface area is 165 Å². The Kier molecular flexibility index (Phi) is 4.67. The van der Waals surface area contributed by atoms with Crippen molar-refractivity contribution in [2.45, 2.75) is 13.8 Å². The van der Waals surface area contributed by atoms with E-state index in [9.17, 15) is 9.59 Å². The molecule has 0 bridgehead atoms. The number of aromatic amines is 1. The molecule has 0 aliphatic rings. The van der Waals surface area contributed by atoms with Crippen LogP contribution in [0.15, 0.2) is 54.6 Å². The molecular weight excluding hydrogens is 372 g/mol. The summed E-state index contributed by atoms with van der Waals surface area (Å²) in [6, 6.07) is 16.7. The highest BCUT2D eigenvalue weighted by atomic mass is 32.1. The minimum absolute atomic E-state index is 0.201. The van der Waals surface area contributed by atoms with E-state index in [2.05, 4.69) is 20.8 Å². The lowest BCUT2D eigenvalue weighted by molar-refractivity contribution is 0.102. The number of H-pyrrole nitrogens is 1. The molecule has 3 N–H and O–H groups in total. The van der Waals surface area contributed by atoms with E-state index >= 15 is 0 Å². The van der Waals surface area contributed by atoms with Gasteiger partial charge in [-0.1, -0.05) is 35.9 Å². The van der Waals surface area contributed by atoms with Crippen LogP contribution in [0.4, 0.5) is 11.5 Å². The van der Waals surface area contributed by atoms with Crippen molar-refractivity contribution in [1.82, 2.24) is 10.2 Å². The maximum Gasteiger partial charge on any atom is 0.265 e. The molecule has 0 saturated carbocycles. The second-order valence-electron chi connectivity index (χ2n) is 6.52. The summed E-state index contributed by atoms with van der Waals surface area (Å²) in [6.45, 7) is 3.91. The van der Waals surface area contributed by atoms with E-state index in [0.29, 0.717) is 26.5 Å². The monoisotopic (exact) mass is 390 g/mol. The van der Waals surface area contributed by atoms with Gasteiger partial charge in [0.2, 0.25) is 0 Å². The van der Waals surface area contributed by atoms with Crippen molar-refractivity contribution >= 4 is 44.9 Å². The number of amides is 2. The van der Waals surface area contributed by atoms with E-state index in [-0.39, 0.29) is 11.8 Å². The molecule has 140 valence electrons. The van der Waals surface area contributed by atoms with Gasteiger partial charge >= 0.3 is 0 Å². The van der Waals surface area contributed by atoms with Gasteiger partial charge in [0.1, 0.15) is 10.6 Å². The number of rotatable bonds is 4. The molecule has 0 unspecified atom stereocenters. The predicted molar refractivity (Wildman–Crippen MR) is 112 cm³/mol. The van der Waals surface area contributed by atoms with E-state index in [4.69, 9.17) is 0 Å². The number of carbonyl (C=O) groups is 2. The molecule has 2 amide bonds. The first-order valence-corrected chi connectivity index (χ1v) is 9.56. The number of hydrogen-bond donors (Lipinski definition) is 3. The van der Waals surface area contributed by atoms with Crippen LogP contribution in [0.5, 0.6) is 0 Å². The third kappa shape index (κ3) is 3.52. The van der Waals surface area contributed by atoms with Crippen LogP contribution in [0.2, 0.25) is 0 Å². The van der Waals surface area contributed by atoms with Crippen molar-refractivity contribution < 1.29 is 9.59 Å². The first kappa shape index (κ1) is 17.9. The Balaban J connectivity index is 1.55. The maximum atomic E-state index is 12.6. The zero-order valence-corrected chi connectivity index (χ0v) is 16.2. The molecule has 7 heteroatoms. The molecule has 4 rings (SSSR count). The Morgan fingerprint density at radius 2 is 1.71 bits per heavy atom. The van der Waals surface area contributed by atoms with Crippen LogP contribution in [0.3, 0.4) is 0 Å². The molecule has 0 aliphatic carbocycles. The molecule has 2 heterocycles. The Morgan fingerprint density at radius 1 is 0.964 bits per heavy atom. The number of nitrogens with zero attached hydrogens (tertiary/aromatic N) is 1. The van der Waals surface area contributed by atoms with Gasteiger partial charge in [-0.3, -0.25) is 14.7 Å². The number of carbonyl (C=O) groups excluding carboxylic acids is 2. The molecule has 6 nitrogen and oxygen atoms in total. The number of nitrogens with one attached hydrogen (secondary N) is 3. The fraction of sp³-hybridized carbons (Fsp3) is 0.0952. The molecule has 0 radical (unpaired) electrons. The first-order chi connectivity index (χ1) is 13.5. The summed E-state index contributed by atoms with van der Waals surface area (Å²) in [7, 11) is 0. The van der Waals surface area contributed by atoms with Crippen molar-refractivity contribution in [2.24, 2.45) is 0 Å². The zero-order chi connectivity index (χ0) is 19.7. The number of aromatic nitrogens is 2. The summed E-state index contributed by atoms with van der Waals surface area (Å²) >= 11 is 1.27. The summed E-state index contributed by atoms with van der Waals surface area (Å²) in [6.07, 6.45) is 0. The molecule has 2 aromatic carbocycles. The van der Waals surface area contributed by atoms with Gasteiger partial charge in [0.25, 0.3) is 11.8 Å². The normalized spacial score (nSPS) is 10.8. The summed E-state index contributed by atoms with van der Waals surface area (Å²) < 4.78 is 0. The van der Waals surface area contributed by atoms with Gasteiger partial charge in [-0.2, -0.15) is 5.10 Å². The second-order valence-corrected chi connectivity index (χ2v) is 7.55. The van der Waals surface area contributed by atoms with Crippen LogP contribution in [0.1, 0.15) is 31.2 Å². The van der Waals surface area contributed by atoms with Crippen LogP contribution in [0.25, 0.3) is 10.2 Å². The fourth-order valence-corrected chi connectivity index (χ4v) is 3.70. The zero-order valence-electron chi connectivity index (χ0n) is 15.4. The molecular formula is C21H18N4O2S. The molecule has 2 aromatic heterocycles. The lowest BCUT2D eigenvalue weighted by Gasteiger charge is -2.06. The number of anilines is 2. The Hall–Kier alpha value is -3.45. The lowest BCUT2D eigenvalue weighted by atomic mass is 10.1. The van der Waals surface area contributed by atoms with Crippen LogP contribution < -0.4 is 10.6 Å². The summed E-state index contributed by atoms with van der Waals surface area (Å²) in [5.74, 6) is 0.0440. The summed E-state index contributed by atoms with van der Waals surface area (Å²) in [5.41, 5.74) is 3.40. The highest BCUT2D eigenvalue weighted by Gasteiger charge is 2.17. The van der Waals surface area contributed by atoms with E-state index in [1.165, 1.54) is 11.3 Å². The smallest absolute Gasteiger partial charge is 0.265 e. The molecule has 0 aliphatic heterocycles. The summed E-state index contributed by atoms with van der Waals surface area (Å²) in [5, 5.41) is 13.5. The minimum Gasteiger partial charge on any atom is -0.321 e. The van der Waals surface area contributed by atoms with Crippen molar-refractivity contribution in [1.29, 1.82) is 0 Å². The first-order valence-electron chi connectivity index (χ1n) is 8.74. The molecule has 28 heavy (non-hydrogen) atoms. The van der Waals surface area contributed by atoms with Crippen molar-refractivity contribution in [3.63, 3.8) is 0 Å². The quantitative estimate of drug-likeness (QED) is 0.470. The molecule has 0 atom stereocenters. The highest BCUT2D eigenvalue weighted by molar-refractivity contribution is 7.20. The molecule has 0 saturated heterocycles. The number of fused-ring (bicyclic) bond motifs is 1. The average Bonchev–Trinajstić information content (AvgIpc) is 3.26. The third-order valence-corrected chi connectivity index (χ3v) is 5.45. The van der Waals surface area contributed by atoms with Gasteiger partial charge in [0.15, 0.2) is 0 Å². The predicted octanol–water partition coefficient (Wildman–Crippen LogP) is 4.75. The fourth-order valence-electron chi connectivity index (χ4n) is 2.81. The van der Waals surface area contributed by atoms with Crippen LogP contribution in [-0.2, 0) is 0 Å². The number of aryl methyl sites for hydroxylation is 2. The molecule has 0 spiro atoms. The van der Waals surface area contributed by atoms with E-state index in [0.717, 1.165) is 16.8 Å². The van der Waals surface area contributed by atoms with Gasteiger partial charge in [-0.15, -0.1) is 11.3 Å². The van der Waals surface area contributed by atoms with Crippen LogP contribution in [-0.4, -0.2) is 22.0 Å². The topological polar surface area (TPSA) is 86.9 Å². The van der Waals surface area contributed by atoms with Crippen molar-refractivity contribution in [2.75, 3.05) is 10.6 Å². The number of benzene rings is 2. The maximum absolute atomic E-state index is 12.6. The Morgan fingerprint density at radius 3 is 2.46 bits per heavy atom. The Bertz CT molecular complexity index is 1170. The van der Waals surface area contributed by atoms with Crippen LogP contribution >= 0.6 is 11.3 Å². The number of thiophene rings is 1. The van der Waals surface area contributed by atoms with Gasteiger partial charge in [0, 0.05) is 11.3 Å². The largest absolute Gasteiger partial charge is 0.321 e. The SMILES string of the molecule is Cc1ccc(C(=O)Nc2[nH]nc3sc(C(=O)Nc4ccccc4C)cc23)cc1. The van der Waals surface area contributed by atoms with Gasteiger partial charge in [0.05, 0.1) is 10.3 Å². The molecule has 0 fully saturated rings. The second kappa shape index (κ2) is 7.28. The minimum atomic E-state index is -0.234. The van der Waals surface area contributed by atoms with E-state index in [1.807, 2.05) is 50.2 Å². The number of para-hydroxylation sites is 1. The lowest BCUT2D eigenvalue weighted by Crippen LogP contribution is -2.12. The number of hydrogen-bond acceptors (Lipinski definition) is 4. The van der Waals surface area contributed by atoms with Crippen molar-refractivity contribution in [3.05, 3.63) is 76.2 Å². The van der Waals surface area contributed by atoms with Gasteiger partial charge < -0.3 is 10.6 Å². The standard InChI is InChI=1S/C21H18N4O2S/c1-12-7-9-14(10-8-12)19(26)23-18-15-11-17(28-21(15)25-24-18)20(27)22-16-6-4-3-5-13(16)2/h3-11H,1-2H3,(H,22,27)(H2,23,24,25,26). The summed E-state index contributed by atoms with van der Waals surface area (Å²) in [4.78, 5) is 26.2. The van der Waals surface area contributed by atoms with E-state index in [1.54, 1.807) is 18.2 Å². The van der Waals surface area contributed by atoms with E-state index < -0.39 is 0 Å². The van der Waals surface area contributed by atoms with Crippen LogP contribution in [0, 0.1) is 13.8 Å². The van der Waals surface area contributed by atoms with Gasteiger partial charge in [-0.25, -0.2) is 0 Å².